The van der Waals surface area contributed by atoms with E-state index in [1.165, 1.54) is 0 Å². The van der Waals surface area contributed by atoms with E-state index < -0.39 is 0 Å². The van der Waals surface area contributed by atoms with Crippen molar-refractivity contribution in [3.8, 4) is 0 Å². The molecule has 0 aromatic carbocycles. The first-order valence-electron chi connectivity index (χ1n) is 3.52. The molecule has 13 heavy (non-hydrogen) atoms. The van der Waals surface area contributed by atoms with E-state index in [0.717, 1.165) is 0 Å². The Hall–Kier alpha value is -0.650. The first-order valence-corrected chi connectivity index (χ1v) is 4.28. The van der Waals surface area contributed by atoms with Crippen LogP contribution in [-0.2, 0) is 4.74 Å². The van der Waals surface area contributed by atoms with Gasteiger partial charge in [-0.1, -0.05) is 0 Å². The van der Waals surface area contributed by atoms with Gasteiger partial charge in [-0.15, -0.1) is 0 Å². The average Bonchev–Trinajstić information content (AvgIpc) is 2.03. The molecule has 0 radical (unpaired) electrons. The fourth-order valence-corrected chi connectivity index (χ4v) is 1.03. The smallest absolute Gasteiger partial charge is 0.228 e. The van der Waals surface area contributed by atoms with E-state index in [1.54, 1.807) is 7.11 Å². The number of nitrogens with zero attached hydrogens (tertiary/aromatic N) is 3. The number of anilines is 1. The Morgan fingerprint density at radius 3 is 2.38 bits per heavy atom. The van der Waals surface area contributed by atoms with Crippen molar-refractivity contribution < 1.29 is 4.74 Å². The minimum Gasteiger partial charge on any atom is -0.383 e. The van der Waals surface area contributed by atoms with E-state index >= 15 is 0 Å². The molecule has 0 aliphatic rings. The summed E-state index contributed by atoms with van der Waals surface area (Å²) < 4.78 is 4.82. The molecule has 0 atom stereocenters. The second-order valence-corrected chi connectivity index (χ2v) is 2.79. The highest BCUT2D eigenvalue weighted by Gasteiger charge is 2.01. The zero-order valence-corrected chi connectivity index (χ0v) is 8.43. The molecular weight excluding hydrogens is 215 g/mol. The number of hydrogen-bond acceptors (Lipinski definition) is 5. The van der Waals surface area contributed by atoms with Gasteiger partial charge in [0.1, 0.15) is 0 Å². The normalized spacial score (nSPS) is 10.1. The van der Waals surface area contributed by atoms with Crippen LogP contribution in [0.1, 0.15) is 0 Å². The maximum absolute atomic E-state index is 5.55. The average molecular weight is 223 g/mol. The van der Waals surface area contributed by atoms with Crippen LogP contribution in [0.4, 0.5) is 5.95 Å². The van der Waals surface area contributed by atoms with E-state index in [-0.39, 0.29) is 10.6 Å². The summed E-state index contributed by atoms with van der Waals surface area (Å²) in [6.07, 6.45) is 0. The van der Waals surface area contributed by atoms with Crippen molar-refractivity contribution in [1.82, 2.24) is 15.0 Å². The largest absolute Gasteiger partial charge is 0.383 e. The third-order valence-corrected chi connectivity index (χ3v) is 1.51. The second-order valence-electron chi connectivity index (χ2n) is 2.12. The van der Waals surface area contributed by atoms with Crippen molar-refractivity contribution in [2.75, 3.05) is 25.6 Å². The van der Waals surface area contributed by atoms with Gasteiger partial charge in [0.2, 0.25) is 16.5 Å². The number of hydrogen-bond donors (Lipinski definition) is 1. The number of aromatic nitrogens is 3. The molecule has 5 nitrogen and oxygen atoms in total. The topological polar surface area (TPSA) is 59.9 Å². The summed E-state index contributed by atoms with van der Waals surface area (Å²) in [5, 5.41) is 3.01. The van der Waals surface area contributed by atoms with E-state index in [2.05, 4.69) is 20.3 Å². The van der Waals surface area contributed by atoms with Crippen molar-refractivity contribution in [2.45, 2.75) is 0 Å². The Morgan fingerprint density at radius 1 is 1.23 bits per heavy atom. The van der Waals surface area contributed by atoms with Gasteiger partial charge in [0, 0.05) is 13.7 Å². The van der Waals surface area contributed by atoms with Gasteiger partial charge >= 0.3 is 0 Å². The first-order chi connectivity index (χ1) is 6.22. The van der Waals surface area contributed by atoms with Gasteiger partial charge < -0.3 is 10.1 Å². The van der Waals surface area contributed by atoms with E-state index in [0.29, 0.717) is 19.1 Å². The number of halogens is 2. The third kappa shape index (κ3) is 3.71. The van der Waals surface area contributed by atoms with Crippen LogP contribution in [0.5, 0.6) is 0 Å². The first kappa shape index (κ1) is 10.4. The molecule has 72 valence electrons. The molecule has 0 aliphatic heterocycles. The van der Waals surface area contributed by atoms with Gasteiger partial charge in [0.25, 0.3) is 0 Å². The Morgan fingerprint density at radius 2 is 1.85 bits per heavy atom. The second kappa shape index (κ2) is 5.16. The Kier molecular flexibility index (Phi) is 4.14. The molecule has 0 aliphatic carbocycles. The minimum absolute atomic E-state index is 0.0694. The van der Waals surface area contributed by atoms with Crippen molar-refractivity contribution in [2.24, 2.45) is 0 Å². The number of nitrogens with one attached hydrogen (secondary N) is 1. The molecule has 1 heterocycles. The van der Waals surface area contributed by atoms with E-state index in [4.69, 9.17) is 27.9 Å². The molecule has 0 spiro atoms. The standard InChI is InChI=1S/C6H8Cl2N4O/c1-13-3-2-9-6-11-4(7)10-5(8)12-6/h2-3H2,1H3,(H,9,10,11,12). The van der Waals surface area contributed by atoms with Gasteiger partial charge in [-0.05, 0) is 23.2 Å². The molecule has 0 fully saturated rings. The Balaban J connectivity index is 2.56. The fraction of sp³-hybridized carbons (Fsp3) is 0.500. The van der Waals surface area contributed by atoms with Crippen LogP contribution in [0.15, 0.2) is 0 Å². The Bertz CT molecular complexity index is 263. The van der Waals surface area contributed by atoms with Crippen LogP contribution in [0.2, 0.25) is 10.6 Å². The highest BCUT2D eigenvalue weighted by Crippen LogP contribution is 2.08. The van der Waals surface area contributed by atoms with Crippen molar-refractivity contribution in [3.05, 3.63) is 10.6 Å². The SMILES string of the molecule is COCCNc1nc(Cl)nc(Cl)n1. The lowest BCUT2D eigenvalue weighted by Gasteiger charge is -2.03. The molecule has 0 unspecified atom stereocenters. The van der Waals surface area contributed by atoms with Gasteiger partial charge in [-0.3, -0.25) is 0 Å². The highest BCUT2D eigenvalue weighted by molar-refractivity contribution is 6.31. The molecule has 1 N–H and O–H groups in total. The summed E-state index contributed by atoms with van der Waals surface area (Å²) in [7, 11) is 1.61. The Labute approximate surface area is 85.5 Å². The summed E-state index contributed by atoms with van der Waals surface area (Å²) in [5.74, 6) is 0.349. The summed E-state index contributed by atoms with van der Waals surface area (Å²) in [4.78, 5) is 11.2. The molecule has 1 rings (SSSR count). The maximum Gasteiger partial charge on any atom is 0.228 e. The molecule has 0 saturated carbocycles. The van der Waals surface area contributed by atoms with Crippen LogP contribution in [0.25, 0.3) is 0 Å². The summed E-state index contributed by atoms with van der Waals surface area (Å²) in [6.45, 7) is 1.15. The lowest BCUT2D eigenvalue weighted by Crippen LogP contribution is -2.10. The van der Waals surface area contributed by atoms with E-state index in [9.17, 15) is 0 Å². The molecule has 0 bridgehead atoms. The highest BCUT2D eigenvalue weighted by atomic mass is 35.5. The zero-order valence-electron chi connectivity index (χ0n) is 6.92. The fourth-order valence-electron chi connectivity index (χ4n) is 0.670. The van der Waals surface area contributed by atoms with Crippen molar-refractivity contribution in [1.29, 1.82) is 0 Å². The maximum atomic E-state index is 5.55. The zero-order chi connectivity index (χ0) is 9.68. The van der Waals surface area contributed by atoms with Gasteiger partial charge in [0.15, 0.2) is 0 Å². The number of ether oxygens (including phenoxy) is 1. The minimum atomic E-state index is 0.0694. The van der Waals surface area contributed by atoms with Crippen molar-refractivity contribution in [3.63, 3.8) is 0 Å². The van der Waals surface area contributed by atoms with Crippen LogP contribution >= 0.6 is 23.2 Å². The quantitative estimate of drug-likeness (QED) is 0.778. The van der Waals surface area contributed by atoms with Gasteiger partial charge in [-0.25, -0.2) is 0 Å². The predicted octanol–water partition coefficient (Wildman–Crippen LogP) is 1.24. The molecule has 1 aromatic rings. The number of rotatable bonds is 4. The summed E-state index contributed by atoms with van der Waals surface area (Å²) in [6, 6.07) is 0. The molecule has 1 aromatic heterocycles. The van der Waals surface area contributed by atoms with Crippen LogP contribution in [0, 0.1) is 0 Å². The van der Waals surface area contributed by atoms with E-state index in [1.807, 2.05) is 0 Å². The lowest BCUT2D eigenvalue weighted by molar-refractivity contribution is 0.210. The lowest BCUT2D eigenvalue weighted by atomic mass is 10.7. The summed E-state index contributed by atoms with van der Waals surface area (Å²) in [5.41, 5.74) is 0. The van der Waals surface area contributed by atoms with Crippen LogP contribution in [-0.4, -0.2) is 35.2 Å². The molecular formula is C6H8Cl2N4O. The molecule has 0 saturated heterocycles. The van der Waals surface area contributed by atoms with Gasteiger partial charge in [0.05, 0.1) is 6.61 Å². The monoisotopic (exact) mass is 222 g/mol. The van der Waals surface area contributed by atoms with Crippen molar-refractivity contribution >= 4 is 29.2 Å². The molecule has 0 amide bonds. The third-order valence-electron chi connectivity index (χ3n) is 1.17. The molecule has 7 heteroatoms. The predicted molar refractivity (Wildman–Crippen MR) is 50.2 cm³/mol. The van der Waals surface area contributed by atoms with Crippen LogP contribution in [0.3, 0.4) is 0 Å². The number of methoxy groups -OCH3 is 1. The van der Waals surface area contributed by atoms with Crippen LogP contribution < -0.4 is 5.32 Å². The van der Waals surface area contributed by atoms with Gasteiger partial charge in [-0.2, -0.15) is 15.0 Å². The summed E-state index contributed by atoms with van der Waals surface area (Å²) >= 11 is 11.1.